The van der Waals surface area contributed by atoms with E-state index in [4.69, 9.17) is 4.74 Å². The predicted octanol–water partition coefficient (Wildman–Crippen LogP) is 2.51. The Morgan fingerprint density at radius 3 is 2.22 bits per heavy atom. The number of benzene rings is 1. The summed E-state index contributed by atoms with van der Waals surface area (Å²) in [5.41, 5.74) is 0.327. The van der Waals surface area contributed by atoms with E-state index in [0.717, 1.165) is 0 Å². The minimum atomic E-state index is -0.785. The Morgan fingerprint density at radius 1 is 1.17 bits per heavy atom. The van der Waals surface area contributed by atoms with Crippen molar-refractivity contribution >= 4 is 5.91 Å². The van der Waals surface area contributed by atoms with Gasteiger partial charge in [0.05, 0.1) is 0 Å². The third kappa shape index (κ3) is 3.57. The lowest BCUT2D eigenvalue weighted by Gasteiger charge is -2.28. The van der Waals surface area contributed by atoms with Gasteiger partial charge in [-0.15, -0.1) is 0 Å². The Labute approximate surface area is 110 Å². The second kappa shape index (κ2) is 5.53. The number of rotatable bonds is 5. The van der Waals surface area contributed by atoms with Crippen LogP contribution in [0.3, 0.4) is 0 Å². The molecule has 0 aromatic heterocycles. The van der Waals surface area contributed by atoms with Gasteiger partial charge in [0.1, 0.15) is 5.60 Å². The molecule has 100 valence electrons. The number of ether oxygens (including phenoxy) is 1. The fraction of sp³-hybridized carbons (Fsp3) is 0.533. The lowest BCUT2D eigenvalue weighted by Crippen LogP contribution is -2.47. The van der Waals surface area contributed by atoms with Gasteiger partial charge in [0.2, 0.25) is 0 Å². The minimum Gasteiger partial charge on any atom is -0.369 e. The number of nitrogens with one attached hydrogen (secondary N) is 1. The Bertz CT molecular complexity index is 396. The first-order valence-corrected chi connectivity index (χ1v) is 6.18. The maximum absolute atomic E-state index is 11.9. The van der Waals surface area contributed by atoms with E-state index in [9.17, 15) is 4.79 Å². The SMILES string of the molecule is COC(C)(C)C(=O)NCC(C)(C)c1ccccc1. The van der Waals surface area contributed by atoms with Crippen LogP contribution in [-0.4, -0.2) is 25.2 Å². The molecule has 0 fully saturated rings. The first-order valence-electron chi connectivity index (χ1n) is 6.18. The maximum Gasteiger partial charge on any atom is 0.251 e. The molecule has 0 aliphatic rings. The monoisotopic (exact) mass is 249 g/mol. The van der Waals surface area contributed by atoms with Gasteiger partial charge < -0.3 is 10.1 Å². The number of methoxy groups -OCH3 is 1. The van der Waals surface area contributed by atoms with Gasteiger partial charge in [-0.05, 0) is 19.4 Å². The second-order valence-corrected chi connectivity index (χ2v) is 5.65. The number of hydrogen-bond donors (Lipinski definition) is 1. The van der Waals surface area contributed by atoms with Gasteiger partial charge in [0.15, 0.2) is 0 Å². The van der Waals surface area contributed by atoms with Crippen LogP contribution in [0.1, 0.15) is 33.3 Å². The summed E-state index contributed by atoms with van der Waals surface area (Å²) >= 11 is 0. The Hall–Kier alpha value is -1.35. The lowest BCUT2D eigenvalue weighted by atomic mass is 9.84. The van der Waals surface area contributed by atoms with Crippen molar-refractivity contribution in [1.82, 2.24) is 5.32 Å². The summed E-state index contributed by atoms with van der Waals surface area (Å²) in [4.78, 5) is 11.9. The summed E-state index contributed by atoms with van der Waals surface area (Å²) in [5, 5.41) is 2.95. The first-order chi connectivity index (χ1) is 8.29. The molecule has 0 saturated heterocycles. The smallest absolute Gasteiger partial charge is 0.251 e. The van der Waals surface area contributed by atoms with E-state index in [1.54, 1.807) is 21.0 Å². The fourth-order valence-corrected chi connectivity index (χ4v) is 1.60. The van der Waals surface area contributed by atoms with Gasteiger partial charge >= 0.3 is 0 Å². The minimum absolute atomic E-state index is 0.0889. The van der Waals surface area contributed by atoms with E-state index in [-0.39, 0.29) is 11.3 Å². The summed E-state index contributed by atoms with van der Waals surface area (Å²) in [6, 6.07) is 10.2. The molecule has 18 heavy (non-hydrogen) atoms. The van der Waals surface area contributed by atoms with Crippen LogP contribution in [-0.2, 0) is 14.9 Å². The third-order valence-corrected chi connectivity index (χ3v) is 3.30. The molecule has 0 radical (unpaired) electrons. The molecule has 1 rings (SSSR count). The van der Waals surface area contributed by atoms with E-state index in [1.165, 1.54) is 5.56 Å². The summed E-state index contributed by atoms with van der Waals surface area (Å²) in [6.45, 7) is 8.34. The van der Waals surface area contributed by atoms with E-state index in [2.05, 4.69) is 31.3 Å². The van der Waals surface area contributed by atoms with E-state index < -0.39 is 5.60 Å². The summed E-state index contributed by atoms with van der Waals surface area (Å²) in [7, 11) is 1.54. The van der Waals surface area contributed by atoms with Gasteiger partial charge in [-0.1, -0.05) is 44.2 Å². The number of amides is 1. The zero-order valence-electron chi connectivity index (χ0n) is 11.9. The average molecular weight is 249 g/mol. The zero-order chi connectivity index (χ0) is 13.8. The van der Waals surface area contributed by atoms with Gasteiger partial charge in [0.25, 0.3) is 5.91 Å². The maximum atomic E-state index is 11.9. The van der Waals surface area contributed by atoms with Crippen LogP contribution in [0.4, 0.5) is 0 Å². The Morgan fingerprint density at radius 2 is 1.72 bits per heavy atom. The summed E-state index contributed by atoms with van der Waals surface area (Å²) in [5.74, 6) is -0.0889. The van der Waals surface area contributed by atoms with Crippen LogP contribution in [0, 0.1) is 0 Å². The molecule has 1 aromatic carbocycles. The van der Waals surface area contributed by atoms with Crippen molar-refractivity contribution in [2.24, 2.45) is 0 Å². The zero-order valence-corrected chi connectivity index (χ0v) is 11.9. The van der Waals surface area contributed by atoms with Gasteiger partial charge in [0, 0.05) is 19.1 Å². The van der Waals surface area contributed by atoms with Crippen molar-refractivity contribution < 1.29 is 9.53 Å². The quantitative estimate of drug-likeness (QED) is 0.870. The van der Waals surface area contributed by atoms with Crippen molar-refractivity contribution in [1.29, 1.82) is 0 Å². The lowest BCUT2D eigenvalue weighted by molar-refractivity contribution is -0.139. The van der Waals surface area contributed by atoms with Crippen LogP contribution in [0.15, 0.2) is 30.3 Å². The number of hydrogen-bond acceptors (Lipinski definition) is 2. The molecule has 0 aliphatic heterocycles. The Kier molecular flexibility index (Phi) is 4.52. The highest BCUT2D eigenvalue weighted by Gasteiger charge is 2.29. The van der Waals surface area contributed by atoms with Gasteiger partial charge in [-0.3, -0.25) is 4.79 Å². The molecule has 1 aromatic rings. The molecule has 3 heteroatoms. The van der Waals surface area contributed by atoms with E-state index >= 15 is 0 Å². The van der Waals surface area contributed by atoms with Crippen molar-refractivity contribution in [3.05, 3.63) is 35.9 Å². The molecule has 0 atom stereocenters. The first kappa shape index (κ1) is 14.7. The average Bonchev–Trinajstić information content (AvgIpc) is 2.37. The van der Waals surface area contributed by atoms with Crippen molar-refractivity contribution in [2.75, 3.05) is 13.7 Å². The normalized spacial score (nSPS) is 12.3. The fourth-order valence-electron chi connectivity index (χ4n) is 1.60. The number of carbonyl (C=O) groups is 1. The predicted molar refractivity (Wildman–Crippen MR) is 73.6 cm³/mol. The van der Waals surface area contributed by atoms with Crippen molar-refractivity contribution in [3.63, 3.8) is 0 Å². The van der Waals surface area contributed by atoms with Gasteiger partial charge in [-0.25, -0.2) is 0 Å². The Balaban J connectivity index is 2.66. The molecule has 0 saturated carbocycles. The van der Waals surface area contributed by atoms with Crippen molar-refractivity contribution in [2.45, 2.75) is 38.7 Å². The highest BCUT2D eigenvalue weighted by atomic mass is 16.5. The molecule has 0 heterocycles. The molecular weight excluding hydrogens is 226 g/mol. The summed E-state index contributed by atoms with van der Waals surface area (Å²) < 4.78 is 5.16. The van der Waals surface area contributed by atoms with Crippen molar-refractivity contribution in [3.8, 4) is 0 Å². The standard InChI is InChI=1S/C15H23NO2/c1-14(2,12-9-7-6-8-10-12)11-16-13(17)15(3,4)18-5/h6-10H,11H2,1-5H3,(H,16,17). The van der Waals surface area contributed by atoms with Crippen LogP contribution in [0.25, 0.3) is 0 Å². The molecule has 0 aliphatic carbocycles. The molecular formula is C15H23NO2. The summed E-state index contributed by atoms with van der Waals surface area (Å²) in [6.07, 6.45) is 0. The van der Waals surface area contributed by atoms with Gasteiger partial charge in [-0.2, -0.15) is 0 Å². The van der Waals surface area contributed by atoms with E-state index in [0.29, 0.717) is 6.54 Å². The van der Waals surface area contributed by atoms with Crippen LogP contribution in [0.5, 0.6) is 0 Å². The van der Waals surface area contributed by atoms with E-state index in [1.807, 2.05) is 18.2 Å². The molecule has 0 spiro atoms. The van der Waals surface area contributed by atoms with Crippen LogP contribution < -0.4 is 5.32 Å². The molecule has 0 unspecified atom stereocenters. The third-order valence-electron chi connectivity index (χ3n) is 3.30. The van der Waals surface area contributed by atoms with Crippen LogP contribution in [0.2, 0.25) is 0 Å². The van der Waals surface area contributed by atoms with Crippen LogP contribution >= 0.6 is 0 Å². The largest absolute Gasteiger partial charge is 0.369 e. The second-order valence-electron chi connectivity index (χ2n) is 5.65. The topological polar surface area (TPSA) is 38.3 Å². The molecule has 1 N–H and O–H groups in total. The molecule has 1 amide bonds. The highest BCUT2D eigenvalue weighted by Crippen LogP contribution is 2.22. The molecule has 3 nitrogen and oxygen atoms in total. The highest BCUT2D eigenvalue weighted by molar-refractivity contribution is 5.84. The number of carbonyl (C=O) groups excluding carboxylic acids is 1. The molecule has 0 bridgehead atoms.